The van der Waals surface area contributed by atoms with Crippen molar-refractivity contribution in [1.29, 1.82) is 0 Å². The van der Waals surface area contributed by atoms with E-state index in [9.17, 15) is 0 Å². The van der Waals surface area contributed by atoms with Crippen molar-refractivity contribution in [3.05, 3.63) is 94.3 Å². The smallest absolute Gasteiger partial charge is 0.203 e. The quantitative estimate of drug-likeness (QED) is 0.246. The maximum Gasteiger partial charge on any atom is 0.203 e. The number of ether oxygens (including phenoxy) is 2. The van der Waals surface area contributed by atoms with Crippen LogP contribution in [0.5, 0.6) is 11.5 Å². The van der Waals surface area contributed by atoms with E-state index in [1.165, 1.54) is 11.3 Å². The van der Waals surface area contributed by atoms with Gasteiger partial charge in [-0.1, -0.05) is 72.3 Å². The van der Waals surface area contributed by atoms with Crippen LogP contribution in [0.25, 0.3) is 11.3 Å². The Kier molecular flexibility index (Phi) is 6.82. The average molecular weight is 450 g/mol. The van der Waals surface area contributed by atoms with Gasteiger partial charge in [0.1, 0.15) is 6.61 Å². The highest BCUT2D eigenvalue weighted by atomic mass is 35.5. The second-order valence-electron chi connectivity index (χ2n) is 6.58. The van der Waals surface area contributed by atoms with Crippen LogP contribution < -0.4 is 14.9 Å². The maximum absolute atomic E-state index is 6.45. The molecular formula is C24H20ClN3O2S. The zero-order valence-corrected chi connectivity index (χ0v) is 18.4. The lowest BCUT2D eigenvalue weighted by atomic mass is 10.2. The van der Waals surface area contributed by atoms with Crippen molar-refractivity contribution in [1.82, 2.24) is 4.98 Å². The Morgan fingerprint density at radius 2 is 1.81 bits per heavy atom. The van der Waals surface area contributed by atoms with E-state index < -0.39 is 0 Å². The van der Waals surface area contributed by atoms with Gasteiger partial charge < -0.3 is 9.47 Å². The number of hydrogen-bond acceptors (Lipinski definition) is 6. The molecule has 0 spiro atoms. The van der Waals surface area contributed by atoms with Crippen LogP contribution in [0.3, 0.4) is 0 Å². The van der Waals surface area contributed by atoms with Crippen LogP contribution in [0.4, 0.5) is 5.13 Å². The predicted molar refractivity (Wildman–Crippen MR) is 128 cm³/mol. The zero-order chi connectivity index (χ0) is 21.5. The van der Waals surface area contributed by atoms with Crippen LogP contribution in [0, 0.1) is 0 Å². The van der Waals surface area contributed by atoms with Crippen molar-refractivity contribution >= 4 is 34.3 Å². The minimum atomic E-state index is 0.402. The van der Waals surface area contributed by atoms with E-state index in [0.29, 0.717) is 28.3 Å². The highest BCUT2D eigenvalue weighted by Gasteiger charge is 2.12. The molecule has 4 rings (SSSR count). The van der Waals surface area contributed by atoms with E-state index in [1.54, 1.807) is 19.4 Å². The Balaban J connectivity index is 1.43. The summed E-state index contributed by atoms with van der Waals surface area (Å²) in [5.74, 6) is 1.05. The highest BCUT2D eigenvalue weighted by molar-refractivity contribution is 7.14. The van der Waals surface area contributed by atoms with E-state index in [0.717, 1.165) is 22.4 Å². The fourth-order valence-corrected chi connectivity index (χ4v) is 3.85. The zero-order valence-electron chi connectivity index (χ0n) is 16.8. The van der Waals surface area contributed by atoms with Gasteiger partial charge in [-0.05, 0) is 23.3 Å². The number of aromatic nitrogens is 1. The number of hydrogen-bond donors (Lipinski definition) is 1. The monoisotopic (exact) mass is 449 g/mol. The summed E-state index contributed by atoms with van der Waals surface area (Å²) >= 11 is 7.94. The number of methoxy groups -OCH3 is 1. The Labute approximate surface area is 190 Å². The minimum absolute atomic E-state index is 0.402. The van der Waals surface area contributed by atoms with Crippen LogP contribution in [0.1, 0.15) is 11.1 Å². The van der Waals surface area contributed by atoms with Crippen LogP contribution in [0.2, 0.25) is 5.02 Å². The highest BCUT2D eigenvalue weighted by Crippen LogP contribution is 2.36. The molecule has 0 radical (unpaired) electrons. The fraction of sp³-hybridized carbons (Fsp3) is 0.0833. The van der Waals surface area contributed by atoms with Gasteiger partial charge in [-0.2, -0.15) is 5.10 Å². The number of thiazole rings is 1. The SMILES string of the molecule is COc1cc(C=NNc2nc(-c3ccccc3)cs2)cc(Cl)c1OCc1ccccc1. The Hall–Kier alpha value is -3.35. The first kappa shape index (κ1) is 20.9. The molecule has 4 aromatic rings. The normalized spacial score (nSPS) is 10.9. The number of rotatable bonds is 8. The lowest BCUT2D eigenvalue weighted by Crippen LogP contribution is -1.99. The molecule has 0 saturated carbocycles. The Morgan fingerprint density at radius 3 is 2.55 bits per heavy atom. The molecule has 0 saturated heterocycles. The number of nitrogens with one attached hydrogen (secondary N) is 1. The van der Waals surface area contributed by atoms with Gasteiger partial charge in [0.25, 0.3) is 0 Å². The molecule has 7 heteroatoms. The topological polar surface area (TPSA) is 55.7 Å². The standard InChI is InChI=1S/C24H20ClN3O2S/c1-29-22-13-18(12-20(25)23(22)30-15-17-8-4-2-5-9-17)14-26-28-24-27-21(16-31-24)19-10-6-3-7-11-19/h2-14,16H,15H2,1H3,(H,27,28). The Morgan fingerprint density at radius 1 is 1.06 bits per heavy atom. The molecule has 1 N–H and O–H groups in total. The number of anilines is 1. The van der Waals surface area contributed by atoms with Gasteiger partial charge in [0, 0.05) is 10.9 Å². The Bertz CT molecular complexity index is 1160. The van der Waals surface area contributed by atoms with Gasteiger partial charge in [-0.25, -0.2) is 4.98 Å². The number of benzene rings is 3. The third kappa shape index (κ3) is 5.42. The number of halogens is 1. The summed E-state index contributed by atoms with van der Waals surface area (Å²) < 4.78 is 11.4. The van der Waals surface area contributed by atoms with Crippen molar-refractivity contribution in [3.8, 4) is 22.8 Å². The first-order valence-corrected chi connectivity index (χ1v) is 10.8. The largest absolute Gasteiger partial charge is 0.493 e. The van der Waals surface area contributed by atoms with Crippen LogP contribution in [-0.2, 0) is 6.61 Å². The second kappa shape index (κ2) is 10.1. The first-order chi connectivity index (χ1) is 15.2. The molecule has 0 unspecified atom stereocenters. The van der Waals surface area contributed by atoms with E-state index in [4.69, 9.17) is 21.1 Å². The molecule has 0 amide bonds. The molecule has 5 nitrogen and oxygen atoms in total. The molecular weight excluding hydrogens is 430 g/mol. The van der Waals surface area contributed by atoms with Gasteiger partial charge in [0.15, 0.2) is 11.5 Å². The number of hydrazone groups is 1. The third-order valence-electron chi connectivity index (χ3n) is 4.43. The molecule has 156 valence electrons. The average Bonchev–Trinajstić information content (AvgIpc) is 3.28. The van der Waals surface area contributed by atoms with Gasteiger partial charge in [-0.3, -0.25) is 5.43 Å². The van der Waals surface area contributed by atoms with E-state index in [-0.39, 0.29) is 0 Å². The summed E-state index contributed by atoms with van der Waals surface area (Å²) in [5, 5.41) is 7.43. The van der Waals surface area contributed by atoms with Gasteiger partial charge in [0.05, 0.1) is 24.0 Å². The molecule has 31 heavy (non-hydrogen) atoms. The minimum Gasteiger partial charge on any atom is -0.493 e. The molecule has 0 aliphatic carbocycles. The first-order valence-electron chi connectivity index (χ1n) is 9.57. The summed E-state index contributed by atoms with van der Waals surface area (Å²) in [6.45, 7) is 0.402. The van der Waals surface area contributed by atoms with Crippen molar-refractivity contribution in [2.24, 2.45) is 5.10 Å². The number of nitrogens with zero attached hydrogens (tertiary/aromatic N) is 2. The van der Waals surface area contributed by atoms with Gasteiger partial charge in [-0.15, -0.1) is 11.3 Å². The lowest BCUT2D eigenvalue weighted by molar-refractivity contribution is 0.284. The van der Waals surface area contributed by atoms with Crippen LogP contribution in [0.15, 0.2) is 83.3 Å². The second-order valence-corrected chi connectivity index (χ2v) is 7.85. The summed E-state index contributed by atoms with van der Waals surface area (Å²) in [6.07, 6.45) is 1.67. The van der Waals surface area contributed by atoms with Gasteiger partial charge >= 0.3 is 0 Å². The third-order valence-corrected chi connectivity index (χ3v) is 5.45. The van der Waals surface area contributed by atoms with Crippen molar-refractivity contribution in [3.63, 3.8) is 0 Å². The molecule has 1 heterocycles. The molecule has 3 aromatic carbocycles. The fourth-order valence-electron chi connectivity index (χ4n) is 2.91. The van der Waals surface area contributed by atoms with Crippen molar-refractivity contribution in [2.75, 3.05) is 12.5 Å². The summed E-state index contributed by atoms with van der Waals surface area (Å²) in [7, 11) is 1.58. The molecule has 0 atom stereocenters. The lowest BCUT2D eigenvalue weighted by Gasteiger charge is -2.13. The van der Waals surface area contributed by atoms with Crippen molar-refractivity contribution < 1.29 is 9.47 Å². The maximum atomic E-state index is 6.45. The van der Waals surface area contributed by atoms with Crippen molar-refractivity contribution in [2.45, 2.75) is 6.61 Å². The van der Waals surface area contributed by atoms with Crippen LogP contribution in [-0.4, -0.2) is 18.3 Å². The molecule has 0 aliphatic heterocycles. The van der Waals surface area contributed by atoms with Gasteiger partial charge in [0.2, 0.25) is 5.13 Å². The molecule has 1 aromatic heterocycles. The molecule has 0 aliphatic rings. The van der Waals surface area contributed by atoms with E-state index >= 15 is 0 Å². The van der Waals surface area contributed by atoms with Crippen LogP contribution >= 0.6 is 22.9 Å². The molecule has 0 bridgehead atoms. The summed E-state index contributed by atoms with van der Waals surface area (Å²) in [6, 6.07) is 23.5. The predicted octanol–water partition coefficient (Wildman–Crippen LogP) is 6.50. The van der Waals surface area contributed by atoms with E-state index in [2.05, 4.69) is 15.5 Å². The van der Waals surface area contributed by atoms with E-state index in [1.807, 2.05) is 72.1 Å². The summed E-state index contributed by atoms with van der Waals surface area (Å²) in [5.41, 5.74) is 6.77. The molecule has 0 fully saturated rings. The summed E-state index contributed by atoms with van der Waals surface area (Å²) in [4.78, 5) is 4.55.